The van der Waals surface area contributed by atoms with Gasteiger partial charge in [-0.2, -0.15) is 0 Å². The average Bonchev–Trinajstić information content (AvgIpc) is 3.23. The molecular weight excluding hydrogens is 384 g/mol. The van der Waals surface area contributed by atoms with Crippen molar-refractivity contribution in [1.82, 2.24) is 19.4 Å². The fraction of sp³-hybridized carbons (Fsp3) is 0.864. The standard InChI is InChI=1S/C22H36N4O2S/c27-29(28,17-19-8-9-19)22-23-13-21(26(22)14-18-5-2-1-3-6-18)16-24-11-12-25-10-4-7-20(25)15-24/h13,18-20H,1-12,14-17H2/t20-/m0/s1. The fourth-order valence-corrected chi connectivity index (χ4v) is 7.53. The van der Waals surface area contributed by atoms with Gasteiger partial charge in [0, 0.05) is 38.8 Å². The zero-order valence-electron chi connectivity index (χ0n) is 17.6. The van der Waals surface area contributed by atoms with Crippen molar-refractivity contribution in [2.45, 2.75) is 82.1 Å². The van der Waals surface area contributed by atoms with E-state index < -0.39 is 9.84 Å². The summed E-state index contributed by atoms with van der Waals surface area (Å²) in [5.41, 5.74) is 1.11. The summed E-state index contributed by atoms with van der Waals surface area (Å²) < 4.78 is 28.3. The predicted molar refractivity (Wildman–Crippen MR) is 113 cm³/mol. The Labute approximate surface area is 175 Å². The van der Waals surface area contributed by atoms with Crippen LogP contribution in [0.5, 0.6) is 0 Å². The summed E-state index contributed by atoms with van der Waals surface area (Å²) in [6.45, 7) is 6.25. The van der Waals surface area contributed by atoms with Gasteiger partial charge in [-0.15, -0.1) is 0 Å². The molecule has 1 atom stereocenters. The van der Waals surface area contributed by atoms with Crippen molar-refractivity contribution in [2.75, 3.05) is 31.9 Å². The van der Waals surface area contributed by atoms with E-state index in [1.54, 1.807) is 0 Å². The molecule has 0 aromatic carbocycles. The van der Waals surface area contributed by atoms with Crippen LogP contribution < -0.4 is 0 Å². The molecule has 4 aliphatic rings. The highest BCUT2D eigenvalue weighted by molar-refractivity contribution is 7.91. The molecule has 1 aromatic rings. The van der Waals surface area contributed by atoms with E-state index in [9.17, 15) is 8.42 Å². The molecule has 7 heteroatoms. The van der Waals surface area contributed by atoms with Gasteiger partial charge in [0.25, 0.3) is 0 Å². The van der Waals surface area contributed by atoms with E-state index in [4.69, 9.17) is 0 Å². The SMILES string of the molecule is O=S(=O)(CC1CC1)c1ncc(CN2CCN3CCC[C@H]3C2)n1CC1CCCCC1. The van der Waals surface area contributed by atoms with E-state index in [0.717, 1.165) is 51.3 Å². The van der Waals surface area contributed by atoms with Crippen LogP contribution in [0, 0.1) is 11.8 Å². The van der Waals surface area contributed by atoms with Gasteiger partial charge in [0.2, 0.25) is 15.0 Å². The number of hydrogen-bond donors (Lipinski definition) is 0. The lowest BCUT2D eigenvalue weighted by Crippen LogP contribution is -2.49. The van der Waals surface area contributed by atoms with Crippen LogP contribution in [0.3, 0.4) is 0 Å². The normalized spacial score (nSPS) is 27.4. The topological polar surface area (TPSA) is 58.4 Å². The highest BCUT2D eigenvalue weighted by atomic mass is 32.2. The summed E-state index contributed by atoms with van der Waals surface area (Å²) in [4.78, 5) is 9.66. The van der Waals surface area contributed by atoms with Crippen LogP contribution in [-0.2, 0) is 22.9 Å². The predicted octanol–water partition coefficient (Wildman–Crippen LogP) is 2.93. The fourth-order valence-electron chi connectivity index (χ4n) is 5.69. The Morgan fingerprint density at radius 2 is 1.76 bits per heavy atom. The van der Waals surface area contributed by atoms with E-state index in [1.165, 1.54) is 51.5 Å². The Hall–Kier alpha value is -0.920. The van der Waals surface area contributed by atoms with Gasteiger partial charge in [-0.05, 0) is 56.9 Å². The van der Waals surface area contributed by atoms with Crippen LogP contribution in [-0.4, -0.2) is 65.7 Å². The number of piperazine rings is 1. The number of hydrogen-bond acceptors (Lipinski definition) is 5. The molecule has 5 rings (SSSR count). The molecule has 2 aliphatic carbocycles. The Morgan fingerprint density at radius 3 is 2.55 bits per heavy atom. The molecule has 0 amide bonds. The number of nitrogens with zero attached hydrogens (tertiary/aromatic N) is 4. The average molecular weight is 421 g/mol. The molecule has 2 saturated carbocycles. The summed E-state index contributed by atoms with van der Waals surface area (Å²) in [6, 6.07) is 0.691. The van der Waals surface area contributed by atoms with E-state index in [0.29, 0.717) is 23.0 Å². The molecular formula is C22H36N4O2S. The van der Waals surface area contributed by atoms with Gasteiger partial charge in [-0.25, -0.2) is 13.4 Å². The molecule has 0 radical (unpaired) electrons. The van der Waals surface area contributed by atoms with E-state index in [1.807, 2.05) is 6.20 Å². The number of imidazole rings is 1. The van der Waals surface area contributed by atoms with E-state index in [-0.39, 0.29) is 5.75 Å². The maximum atomic E-state index is 13.1. The van der Waals surface area contributed by atoms with Crippen LogP contribution >= 0.6 is 0 Å². The lowest BCUT2D eigenvalue weighted by Gasteiger charge is -2.37. The first-order valence-electron chi connectivity index (χ1n) is 11.8. The van der Waals surface area contributed by atoms with Crippen LogP contribution in [0.1, 0.15) is 63.5 Å². The van der Waals surface area contributed by atoms with Gasteiger partial charge in [-0.3, -0.25) is 9.80 Å². The summed E-state index contributed by atoms with van der Waals surface area (Å²) in [7, 11) is -3.29. The van der Waals surface area contributed by atoms with Crippen molar-refractivity contribution in [1.29, 1.82) is 0 Å². The minimum Gasteiger partial charge on any atom is -0.317 e. The smallest absolute Gasteiger partial charge is 0.227 e. The zero-order valence-corrected chi connectivity index (χ0v) is 18.5. The molecule has 1 aromatic heterocycles. The molecule has 2 saturated heterocycles. The Bertz CT molecular complexity index is 811. The van der Waals surface area contributed by atoms with Gasteiger partial charge >= 0.3 is 0 Å². The van der Waals surface area contributed by atoms with Gasteiger partial charge in [0.15, 0.2) is 0 Å². The molecule has 3 heterocycles. The van der Waals surface area contributed by atoms with Crippen LogP contribution in [0.25, 0.3) is 0 Å². The summed E-state index contributed by atoms with van der Waals surface area (Å²) in [6.07, 6.45) is 12.9. The summed E-state index contributed by atoms with van der Waals surface area (Å²) >= 11 is 0. The van der Waals surface area contributed by atoms with Crippen molar-refractivity contribution in [3.05, 3.63) is 11.9 Å². The maximum Gasteiger partial charge on any atom is 0.227 e. The second kappa shape index (κ2) is 8.31. The summed E-state index contributed by atoms with van der Waals surface area (Å²) in [5, 5.41) is 0.351. The zero-order chi connectivity index (χ0) is 19.8. The third-order valence-corrected chi connectivity index (χ3v) is 9.35. The second-order valence-electron chi connectivity index (χ2n) is 9.94. The molecule has 4 fully saturated rings. The number of fused-ring (bicyclic) bond motifs is 1. The van der Waals surface area contributed by atoms with Crippen molar-refractivity contribution < 1.29 is 8.42 Å². The Morgan fingerprint density at radius 1 is 0.931 bits per heavy atom. The molecule has 6 nitrogen and oxygen atoms in total. The molecule has 0 spiro atoms. The first kappa shape index (κ1) is 20.0. The first-order valence-corrected chi connectivity index (χ1v) is 13.5. The van der Waals surface area contributed by atoms with Crippen LogP contribution in [0.15, 0.2) is 11.4 Å². The van der Waals surface area contributed by atoms with E-state index in [2.05, 4.69) is 19.4 Å². The maximum absolute atomic E-state index is 13.1. The molecule has 0 bridgehead atoms. The van der Waals surface area contributed by atoms with Crippen molar-refractivity contribution in [3.8, 4) is 0 Å². The quantitative estimate of drug-likeness (QED) is 0.679. The Kier molecular flexibility index (Phi) is 5.73. The monoisotopic (exact) mass is 420 g/mol. The molecule has 162 valence electrons. The van der Waals surface area contributed by atoms with Gasteiger partial charge < -0.3 is 4.57 Å². The first-order chi connectivity index (χ1) is 14.1. The van der Waals surface area contributed by atoms with Crippen molar-refractivity contribution >= 4 is 9.84 Å². The number of aromatic nitrogens is 2. The third kappa shape index (κ3) is 4.57. The van der Waals surface area contributed by atoms with Gasteiger partial charge in [0.05, 0.1) is 17.6 Å². The lowest BCUT2D eigenvalue weighted by atomic mass is 9.89. The van der Waals surface area contributed by atoms with Crippen LogP contribution in [0.2, 0.25) is 0 Å². The van der Waals surface area contributed by atoms with Crippen molar-refractivity contribution in [2.24, 2.45) is 11.8 Å². The third-order valence-electron chi connectivity index (χ3n) is 7.55. The minimum absolute atomic E-state index is 0.287. The largest absolute Gasteiger partial charge is 0.317 e. The second-order valence-corrected chi connectivity index (χ2v) is 11.9. The number of sulfone groups is 1. The number of rotatable bonds is 7. The highest BCUT2D eigenvalue weighted by Crippen LogP contribution is 2.33. The van der Waals surface area contributed by atoms with Gasteiger partial charge in [-0.1, -0.05) is 19.3 Å². The molecule has 2 aliphatic heterocycles. The van der Waals surface area contributed by atoms with Crippen molar-refractivity contribution in [3.63, 3.8) is 0 Å². The summed E-state index contributed by atoms with van der Waals surface area (Å²) in [5.74, 6) is 1.24. The van der Waals surface area contributed by atoms with E-state index >= 15 is 0 Å². The highest BCUT2D eigenvalue weighted by Gasteiger charge is 2.34. The molecule has 0 N–H and O–H groups in total. The lowest BCUT2D eigenvalue weighted by molar-refractivity contribution is 0.0970. The minimum atomic E-state index is -3.29. The Balaban J connectivity index is 1.36. The van der Waals surface area contributed by atoms with Gasteiger partial charge in [0.1, 0.15) is 0 Å². The molecule has 29 heavy (non-hydrogen) atoms. The van der Waals surface area contributed by atoms with Crippen LogP contribution in [0.4, 0.5) is 0 Å². The molecule has 0 unspecified atom stereocenters.